The largest absolute Gasteiger partial charge is 0.356 e. The molecule has 0 atom stereocenters. The van der Waals surface area contributed by atoms with Crippen LogP contribution in [0.4, 0.5) is 0 Å². The molecule has 1 amide bonds. The number of benzene rings is 2. The van der Waals surface area contributed by atoms with Crippen LogP contribution in [-0.2, 0) is 6.54 Å². The lowest BCUT2D eigenvalue weighted by atomic mass is 10.1. The quantitative estimate of drug-likeness (QED) is 0.473. The SMILES string of the molecule is O=C(NCc1cc(-c2ccccc2)on1)c1ccc2c(=O)[nH]c(=S)[nH]c2c1. The van der Waals surface area contributed by atoms with E-state index in [1.54, 1.807) is 24.3 Å². The minimum Gasteiger partial charge on any atom is -0.356 e. The van der Waals surface area contributed by atoms with E-state index in [1.165, 1.54) is 0 Å². The number of amides is 1. The summed E-state index contributed by atoms with van der Waals surface area (Å²) in [5.41, 5.74) is 2.14. The van der Waals surface area contributed by atoms with Gasteiger partial charge in [0.1, 0.15) is 5.69 Å². The maximum absolute atomic E-state index is 12.4. The van der Waals surface area contributed by atoms with Crippen molar-refractivity contribution in [2.45, 2.75) is 6.54 Å². The number of nitrogens with one attached hydrogen (secondary N) is 3. The van der Waals surface area contributed by atoms with E-state index in [4.69, 9.17) is 16.7 Å². The molecule has 3 N–H and O–H groups in total. The van der Waals surface area contributed by atoms with Gasteiger partial charge in [-0.05, 0) is 30.4 Å². The first-order valence-electron chi connectivity index (χ1n) is 8.16. The summed E-state index contributed by atoms with van der Waals surface area (Å²) in [7, 11) is 0. The number of aromatic nitrogens is 3. The van der Waals surface area contributed by atoms with E-state index in [-0.39, 0.29) is 22.8 Å². The Balaban J connectivity index is 1.50. The normalized spacial score (nSPS) is 10.8. The van der Waals surface area contributed by atoms with E-state index in [0.717, 1.165) is 5.56 Å². The van der Waals surface area contributed by atoms with Crippen molar-refractivity contribution in [3.05, 3.63) is 81.0 Å². The van der Waals surface area contributed by atoms with Crippen LogP contribution in [0.25, 0.3) is 22.2 Å². The molecule has 0 unspecified atom stereocenters. The van der Waals surface area contributed by atoms with E-state index in [1.807, 2.05) is 30.3 Å². The van der Waals surface area contributed by atoms with Crippen LogP contribution in [0, 0.1) is 4.77 Å². The van der Waals surface area contributed by atoms with Gasteiger partial charge in [-0.15, -0.1) is 0 Å². The molecule has 0 aliphatic carbocycles. The highest BCUT2D eigenvalue weighted by molar-refractivity contribution is 7.71. The molecular weight excluding hydrogens is 364 g/mol. The number of carbonyl (C=O) groups excluding carboxylic acids is 1. The Morgan fingerprint density at radius 2 is 1.93 bits per heavy atom. The molecule has 0 aliphatic rings. The Morgan fingerprint density at radius 1 is 1.11 bits per heavy atom. The highest BCUT2D eigenvalue weighted by atomic mass is 32.1. The fourth-order valence-electron chi connectivity index (χ4n) is 2.72. The first-order chi connectivity index (χ1) is 13.1. The highest BCUT2D eigenvalue weighted by Crippen LogP contribution is 2.19. The van der Waals surface area contributed by atoms with Gasteiger partial charge in [-0.2, -0.15) is 0 Å². The molecule has 27 heavy (non-hydrogen) atoms. The molecule has 0 saturated heterocycles. The summed E-state index contributed by atoms with van der Waals surface area (Å²) >= 11 is 4.96. The molecule has 134 valence electrons. The third-order valence-corrected chi connectivity index (χ3v) is 4.25. The molecule has 2 heterocycles. The van der Waals surface area contributed by atoms with Gasteiger partial charge in [0.2, 0.25) is 0 Å². The summed E-state index contributed by atoms with van der Waals surface area (Å²) in [6.07, 6.45) is 0. The number of nitrogens with zero attached hydrogens (tertiary/aromatic N) is 1. The zero-order chi connectivity index (χ0) is 18.8. The van der Waals surface area contributed by atoms with Crippen LogP contribution >= 0.6 is 12.2 Å². The Hall–Kier alpha value is -3.52. The molecule has 0 spiro atoms. The maximum atomic E-state index is 12.4. The number of hydrogen-bond donors (Lipinski definition) is 3. The molecule has 2 aromatic heterocycles. The van der Waals surface area contributed by atoms with Crippen LogP contribution < -0.4 is 10.9 Å². The predicted molar refractivity (Wildman–Crippen MR) is 103 cm³/mol. The lowest BCUT2D eigenvalue weighted by molar-refractivity contribution is 0.0950. The number of carbonyl (C=O) groups is 1. The molecule has 0 aliphatic heterocycles. The number of fused-ring (bicyclic) bond motifs is 1. The molecule has 4 aromatic rings. The van der Waals surface area contributed by atoms with Gasteiger partial charge >= 0.3 is 0 Å². The number of aromatic amines is 2. The van der Waals surface area contributed by atoms with Crippen LogP contribution in [0.3, 0.4) is 0 Å². The van der Waals surface area contributed by atoms with Crippen LogP contribution in [0.5, 0.6) is 0 Å². The lowest BCUT2D eigenvalue weighted by Gasteiger charge is -2.04. The van der Waals surface area contributed by atoms with Crippen LogP contribution in [0.2, 0.25) is 0 Å². The van der Waals surface area contributed by atoms with Gasteiger partial charge in [-0.3, -0.25) is 14.6 Å². The minimum absolute atomic E-state index is 0.209. The second kappa shape index (κ2) is 7.00. The van der Waals surface area contributed by atoms with E-state index in [0.29, 0.717) is 27.9 Å². The molecular formula is C19H14N4O3S. The van der Waals surface area contributed by atoms with Crippen molar-refractivity contribution in [3.8, 4) is 11.3 Å². The van der Waals surface area contributed by atoms with Crippen molar-refractivity contribution in [1.29, 1.82) is 0 Å². The number of rotatable bonds is 4. The average Bonchev–Trinajstić information content (AvgIpc) is 3.15. The Bertz CT molecular complexity index is 1240. The topological polar surface area (TPSA) is 104 Å². The summed E-state index contributed by atoms with van der Waals surface area (Å²) in [6, 6.07) is 16.1. The molecule has 0 radical (unpaired) electrons. The molecule has 0 fully saturated rings. The second-order valence-electron chi connectivity index (χ2n) is 5.90. The van der Waals surface area contributed by atoms with E-state index in [2.05, 4.69) is 20.4 Å². The van der Waals surface area contributed by atoms with Gasteiger partial charge in [0, 0.05) is 17.2 Å². The van der Waals surface area contributed by atoms with Gasteiger partial charge in [0.05, 0.1) is 17.4 Å². The first-order valence-corrected chi connectivity index (χ1v) is 8.56. The van der Waals surface area contributed by atoms with Crippen molar-refractivity contribution in [1.82, 2.24) is 20.4 Å². The summed E-state index contributed by atoms with van der Waals surface area (Å²) in [5, 5.41) is 7.20. The fourth-order valence-corrected chi connectivity index (χ4v) is 2.92. The Kier molecular flexibility index (Phi) is 4.39. The zero-order valence-corrected chi connectivity index (χ0v) is 14.8. The highest BCUT2D eigenvalue weighted by Gasteiger charge is 2.11. The maximum Gasteiger partial charge on any atom is 0.259 e. The van der Waals surface area contributed by atoms with Crippen LogP contribution in [-0.4, -0.2) is 21.0 Å². The Labute approximate surface area is 158 Å². The van der Waals surface area contributed by atoms with Gasteiger partial charge in [-0.1, -0.05) is 35.5 Å². The minimum atomic E-state index is -0.295. The van der Waals surface area contributed by atoms with Crippen molar-refractivity contribution in [2.24, 2.45) is 0 Å². The van der Waals surface area contributed by atoms with Gasteiger partial charge in [0.25, 0.3) is 11.5 Å². The Morgan fingerprint density at radius 3 is 2.74 bits per heavy atom. The number of hydrogen-bond acceptors (Lipinski definition) is 5. The van der Waals surface area contributed by atoms with E-state index < -0.39 is 0 Å². The molecule has 2 aromatic carbocycles. The van der Waals surface area contributed by atoms with Gasteiger partial charge in [0.15, 0.2) is 10.5 Å². The second-order valence-corrected chi connectivity index (χ2v) is 6.31. The zero-order valence-electron chi connectivity index (χ0n) is 14.0. The predicted octanol–water partition coefficient (Wildman–Crippen LogP) is 3.17. The summed E-state index contributed by atoms with van der Waals surface area (Å²) in [6.45, 7) is 0.221. The summed E-state index contributed by atoms with van der Waals surface area (Å²) in [5.74, 6) is 0.345. The van der Waals surface area contributed by atoms with E-state index >= 15 is 0 Å². The smallest absolute Gasteiger partial charge is 0.259 e. The van der Waals surface area contributed by atoms with Gasteiger partial charge < -0.3 is 14.8 Å². The third-order valence-electron chi connectivity index (χ3n) is 4.05. The summed E-state index contributed by atoms with van der Waals surface area (Å²) < 4.78 is 5.53. The van der Waals surface area contributed by atoms with Crippen LogP contribution in [0.1, 0.15) is 16.1 Å². The third kappa shape index (κ3) is 3.56. The monoisotopic (exact) mass is 378 g/mol. The standard InChI is InChI=1S/C19H14N4O3S/c24-17(12-6-7-14-15(8-12)21-19(27)22-18(14)25)20-10-13-9-16(26-23-13)11-4-2-1-3-5-11/h1-9H,10H2,(H,20,24)(H2,21,22,25,27). The van der Waals surface area contributed by atoms with E-state index in [9.17, 15) is 9.59 Å². The van der Waals surface area contributed by atoms with Crippen molar-refractivity contribution < 1.29 is 9.32 Å². The summed E-state index contributed by atoms with van der Waals surface area (Å²) in [4.78, 5) is 29.6. The van der Waals surface area contributed by atoms with Crippen molar-refractivity contribution >= 4 is 29.0 Å². The lowest BCUT2D eigenvalue weighted by Crippen LogP contribution is -2.23. The first kappa shape index (κ1) is 16.9. The molecule has 7 nitrogen and oxygen atoms in total. The average molecular weight is 378 g/mol. The molecule has 0 saturated carbocycles. The van der Waals surface area contributed by atoms with Crippen molar-refractivity contribution in [2.75, 3.05) is 0 Å². The molecule has 8 heteroatoms. The number of H-pyrrole nitrogens is 2. The molecule has 0 bridgehead atoms. The molecule has 4 rings (SSSR count). The van der Waals surface area contributed by atoms with Gasteiger partial charge in [-0.25, -0.2) is 0 Å². The van der Waals surface area contributed by atoms with Crippen LogP contribution in [0.15, 0.2) is 63.9 Å². The fraction of sp³-hybridized carbons (Fsp3) is 0.0526. The van der Waals surface area contributed by atoms with Crippen molar-refractivity contribution in [3.63, 3.8) is 0 Å².